The van der Waals surface area contributed by atoms with Crippen LogP contribution in [0.2, 0.25) is 0 Å². The Balaban J connectivity index is 1.75. The number of amides is 1. The number of rotatable bonds is 5. The van der Waals surface area contributed by atoms with Crippen LogP contribution >= 0.6 is 0 Å². The first-order valence-corrected chi connectivity index (χ1v) is 6.75. The molecule has 0 bridgehead atoms. The minimum absolute atomic E-state index is 0.0381. The molecule has 0 saturated carbocycles. The molecule has 2 rings (SSSR count). The topological polar surface area (TPSA) is 47.6 Å². The van der Waals surface area contributed by atoms with Crippen molar-refractivity contribution < 1.29 is 14.3 Å². The molecule has 1 aliphatic heterocycles. The van der Waals surface area contributed by atoms with Crippen LogP contribution in [0.4, 0.5) is 0 Å². The normalized spacial score (nSPS) is 20.0. The summed E-state index contributed by atoms with van der Waals surface area (Å²) in [4.78, 5) is 11.8. The summed E-state index contributed by atoms with van der Waals surface area (Å²) in [7, 11) is 0. The van der Waals surface area contributed by atoms with E-state index >= 15 is 0 Å². The molecule has 0 radical (unpaired) electrons. The lowest BCUT2D eigenvalue weighted by Crippen LogP contribution is -2.42. The maximum absolute atomic E-state index is 11.8. The molecule has 1 fully saturated rings. The first-order chi connectivity index (χ1) is 9.15. The van der Waals surface area contributed by atoms with Crippen molar-refractivity contribution in [2.75, 3.05) is 13.2 Å². The summed E-state index contributed by atoms with van der Waals surface area (Å²) in [6, 6.07) is 7.71. The third kappa shape index (κ3) is 4.24. The van der Waals surface area contributed by atoms with E-state index in [9.17, 15) is 4.79 Å². The summed E-state index contributed by atoms with van der Waals surface area (Å²) in [5.41, 5.74) is 1.12. The molecular formula is C15H21NO3. The monoisotopic (exact) mass is 263 g/mol. The zero-order chi connectivity index (χ0) is 13.7. The van der Waals surface area contributed by atoms with Gasteiger partial charge in [0.15, 0.2) is 6.61 Å². The minimum atomic E-state index is -0.107. The van der Waals surface area contributed by atoms with Crippen molar-refractivity contribution in [2.24, 2.45) is 0 Å². The van der Waals surface area contributed by atoms with Gasteiger partial charge in [0.2, 0.25) is 0 Å². The van der Waals surface area contributed by atoms with Crippen molar-refractivity contribution in [1.82, 2.24) is 5.32 Å². The summed E-state index contributed by atoms with van der Waals surface area (Å²) in [5, 5.41) is 2.92. The van der Waals surface area contributed by atoms with E-state index in [1.54, 1.807) is 0 Å². The van der Waals surface area contributed by atoms with Crippen LogP contribution in [0.15, 0.2) is 24.3 Å². The average molecular weight is 263 g/mol. The Morgan fingerprint density at radius 2 is 2.42 bits per heavy atom. The Labute approximate surface area is 114 Å². The van der Waals surface area contributed by atoms with Crippen LogP contribution < -0.4 is 10.1 Å². The second kappa shape index (κ2) is 6.57. The van der Waals surface area contributed by atoms with Gasteiger partial charge in [0.1, 0.15) is 5.75 Å². The summed E-state index contributed by atoms with van der Waals surface area (Å²) in [6.45, 7) is 4.80. The zero-order valence-corrected chi connectivity index (χ0v) is 11.5. The van der Waals surface area contributed by atoms with Crippen LogP contribution in [-0.2, 0) is 9.53 Å². The van der Waals surface area contributed by atoms with E-state index in [-0.39, 0.29) is 24.7 Å². The summed E-state index contributed by atoms with van der Waals surface area (Å²) in [6.07, 6.45) is 2.23. The minimum Gasteiger partial charge on any atom is -0.484 e. The number of aryl methyl sites for hydroxylation is 1. The molecule has 4 heteroatoms. The molecule has 19 heavy (non-hydrogen) atoms. The second-order valence-corrected chi connectivity index (χ2v) is 5.01. The molecule has 1 aromatic carbocycles. The van der Waals surface area contributed by atoms with E-state index in [0.717, 1.165) is 30.8 Å². The third-order valence-electron chi connectivity index (χ3n) is 3.27. The molecule has 1 saturated heterocycles. The highest BCUT2D eigenvalue weighted by atomic mass is 16.5. The molecule has 0 aliphatic carbocycles. The predicted molar refractivity (Wildman–Crippen MR) is 73.3 cm³/mol. The molecule has 1 amide bonds. The maximum Gasteiger partial charge on any atom is 0.258 e. The van der Waals surface area contributed by atoms with Crippen LogP contribution in [0.1, 0.15) is 25.3 Å². The Kier molecular flexibility index (Phi) is 4.80. The molecule has 2 unspecified atom stereocenters. The van der Waals surface area contributed by atoms with Crippen molar-refractivity contribution in [1.29, 1.82) is 0 Å². The summed E-state index contributed by atoms with van der Waals surface area (Å²) in [5.74, 6) is 0.615. The fourth-order valence-electron chi connectivity index (χ4n) is 2.24. The Morgan fingerprint density at radius 1 is 1.58 bits per heavy atom. The smallest absolute Gasteiger partial charge is 0.258 e. The molecule has 1 aromatic rings. The van der Waals surface area contributed by atoms with E-state index in [1.807, 2.05) is 38.1 Å². The first kappa shape index (κ1) is 13.9. The number of hydrogen-bond donors (Lipinski definition) is 1. The van der Waals surface area contributed by atoms with Crippen LogP contribution in [0, 0.1) is 6.92 Å². The van der Waals surface area contributed by atoms with Gasteiger partial charge in [-0.05, 0) is 44.4 Å². The SMILES string of the molecule is Cc1cccc(OCC(=O)NC(C)C2CCCO2)c1. The van der Waals surface area contributed by atoms with E-state index in [0.29, 0.717) is 0 Å². The van der Waals surface area contributed by atoms with Gasteiger partial charge in [-0.3, -0.25) is 4.79 Å². The number of ether oxygens (including phenoxy) is 2. The molecule has 1 heterocycles. The van der Waals surface area contributed by atoms with Crippen molar-refractivity contribution in [3.63, 3.8) is 0 Å². The molecule has 2 atom stereocenters. The molecule has 0 spiro atoms. The molecule has 4 nitrogen and oxygen atoms in total. The average Bonchev–Trinajstić information content (AvgIpc) is 2.90. The Hall–Kier alpha value is -1.55. The van der Waals surface area contributed by atoms with Crippen molar-refractivity contribution in [3.8, 4) is 5.75 Å². The van der Waals surface area contributed by atoms with E-state index in [1.165, 1.54) is 0 Å². The number of carbonyl (C=O) groups excluding carboxylic acids is 1. The van der Waals surface area contributed by atoms with Gasteiger partial charge in [-0.25, -0.2) is 0 Å². The largest absolute Gasteiger partial charge is 0.484 e. The number of hydrogen-bond acceptors (Lipinski definition) is 3. The lowest BCUT2D eigenvalue weighted by atomic mass is 10.1. The van der Waals surface area contributed by atoms with Gasteiger partial charge in [-0.15, -0.1) is 0 Å². The maximum atomic E-state index is 11.8. The molecule has 0 aromatic heterocycles. The highest BCUT2D eigenvalue weighted by molar-refractivity contribution is 5.77. The molecule has 1 aliphatic rings. The van der Waals surface area contributed by atoms with Crippen LogP contribution in [0.3, 0.4) is 0 Å². The van der Waals surface area contributed by atoms with Crippen LogP contribution in [0.5, 0.6) is 5.75 Å². The number of carbonyl (C=O) groups is 1. The molecule has 1 N–H and O–H groups in total. The van der Waals surface area contributed by atoms with Gasteiger partial charge in [-0.2, -0.15) is 0 Å². The quantitative estimate of drug-likeness (QED) is 0.884. The fraction of sp³-hybridized carbons (Fsp3) is 0.533. The highest BCUT2D eigenvalue weighted by Gasteiger charge is 2.23. The van der Waals surface area contributed by atoms with Gasteiger partial charge >= 0.3 is 0 Å². The lowest BCUT2D eigenvalue weighted by molar-refractivity contribution is -0.124. The van der Waals surface area contributed by atoms with Crippen molar-refractivity contribution in [3.05, 3.63) is 29.8 Å². The van der Waals surface area contributed by atoms with E-state index < -0.39 is 0 Å². The standard InChI is InChI=1S/C15H21NO3/c1-11-5-3-6-13(9-11)19-10-15(17)16-12(2)14-7-4-8-18-14/h3,5-6,9,12,14H,4,7-8,10H2,1-2H3,(H,16,17). The van der Waals surface area contributed by atoms with E-state index in [4.69, 9.17) is 9.47 Å². The predicted octanol–water partition coefficient (Wildman–Crippen LogP) is 2.06. The Bertz CT molecular complexity index is 427. The van der Waals surface area contributed by atoms with Gasteiger partial charge < -0.3 is 14.8 Å². The summed E-state index contributed by atoms with van der Waals surface area (Å²) >= 11 is 0. The van der Waals surface area contributed by atoms with Gasteiger partial charge in [0.05, 0.1) is 12.1 Å². The second-order valence-electron chi connectivity index (χ2n) is 5.01. The number of benzene rings is 1. The van der Waals surface area contributed by atoms with E-state index in [2.05, 4.69) is 5.32 Å². The highest BCUT2D eigenvalue weighted by Crippen LogP contribution is 2.15. The van der Waals surface area contributed by atoms with Crippen molar-refractivity contribution in [2.45, 2.75) is 38.8 Å². The lowest BCUT2D eigenvalue weighted by Gasteiger charge is -2.20. The van der Waals surface area contributed by atoms with Gasteiger partial charge in [0, 0.05) is 6.61 Å². The first-order valence-electron chi connectivity index (χ1n) is 6.75. The molecule has 104 valence electrons. The fourth-order valence-corrected chi connectivity index (χ4v) is 2.24. The molecular weight excluding hydrogens is 242 g/mol. The third-order valence-corrected chi connectivity index (χ3v) is 3.27. The van der Waals surface area contributed by atoms with Crippen LogP contribution in [0.25, 0.3) is 0 Å². The summed E-state index contributed by atoms with van der Waals surface area (Å²) < 4.78 is 11.0. The van der Waals surface area contributed by atoms with Crippen LogP contribution in [-0.4, -0.2) is 31.3 Å². The van der Waals surface area contributed by atoms with Gasteiger partial charge in [-0.1, -0.05) is 12.1 Å². The van der Waals surface area contributed by atoms with Crippen molar-refractivity contribution >= 4 is 5.91 Å². The Morgan fingerprint density at radius 3 is 3.11 bits per heavy atom. The number of nitrogens with one attached hydrogen (secondary N) is 1. The zero-order valence-electron chi connectivity index (χ0n) is 11.5. The van der Waals surface area contributed by atoms with Gasteiger partial charge in [0.25, 0.3) is 5.91 Å².